The number of carbonyl (C=O) groups is 1. The van der Waals surface area contributed by atoms with Gasteiger partial charge in [0.15, 0.2) is 11.0 Å². The van der Waals surface area contributed by atoms with E-state index in [1.165, 1.54) is 0 Å². The van der Waals surface area contributed by atoms with Crippen LogP contribution in [-0.2, 0) is 4.79 Å². The molecule has 30 heavy (non-hydrogen) atoms. The summed E-state index contributed by atoms with van der Waals surface area (Å²) in [5.41, 5.74) is 2.73. The molecule has 7 nitrogen and oxygen atoms in total. The maximum atomic E-state index is 13.0. The summed E-state index contributed by atoms with van der Waals surface area (Å²) in [5, 5.41) is 6.06. The van der Waals surface area contributed by atoms with Gasteiger partial charge in [0.2, 0.25) is 5.91 Å². The highest BCUT2D eigenvalue weighted by molar-refractivity contribution is 7.13. The topological polar surface area (TPSA) is 83.9 Å². The van der Waals surface area contributed by atoms with Crippen LogP contribution in [0.4, 0.5) is 10.9 Å². The van der Waals surface area contributed by atoms with Crippen LogP contribution >= 0.6 is 11.3 Å². The van der Waals surface area contributed by atoms with Crippen molar-refractivity contribution in [2.24, 2.45) is 0 Å². The highest BCUT2D eigenvalue weighted by Crippen LogP contribution is 2.30. The van der Waals surface area contributed by atoms with Crippen molar-refractivity contribution in [1.82, 2.24) is 24.8 Å². The molecule has 1 fully saturated rings. The quantitative estimate of drug-likeness (QED) is 0.614. The molecule has 1 atom stereocenters. The molecule has 1 aliphatic rings. The Morgan fingerprint density at radius 2 is 2.13 bits per heavy atom. The summed E-state index contributed by atoms with van der Waals surface area (Å²) in [6, 6.07) is 5.54. The van der Waals surface area contributed by atoms with Gasteiger partial charge in [-0.1, -0.05) is 6.07 Å². The molecule has 3 aromatic rings. The molecule has 0 spiro atoms. The van der Waals surface area contributed by atoms with E-state index in [0.717, 1.165) is 41.3 Å². The van der Waals surface area contributed by atoms with Crippen molar-refractivity contribution < 1.29 is 4.79 Å². The van der Waals surface area contributed by atoms with Crippen molar-refractivity contribution >= 4 is 34.3 Å². The van der Waals surface area contributed by atoms with E-state index in [1.807, 2.05) is 42.3 Å². The number of amides is 1. The first-order valence-corrected chi connectivity index (χ1v) is 10.9. The first-order chi connectivity index (χ1) is 14.6. The molecule has 0 saturated carbocycles. The summed E-state index contributed by atoms with van der Waals surface area (Å²) in [5.74, 6) is 1.35. The summed E-state index contributed by atoms with van der Waals surface area (Å²) < 4.78 is 0. The Kier molecular flexibility index (Phi) is 6.13. The van der Waals surface area contributed by atoms with E-state index < -0.39 is 0 Å². The second-order valence-electron chi connectivity index (χ2n) is 7.33. The number of thiazole rings is 1. The Morgan fingerprint density at radius 3 is 2.90 bits per heavy atom. The van der Waals surface area contributed by atoms with Crippen molar-refractivity contribution in [2.45, 2.75) is 39.2 Å². The van der Waals surface area contributed by atoms with E-state index >= 15 is 0 Å². The summed E-state index contributed by atoms with van der Waals surface area (Å²) >= 11 is 1.54. The van der Waals surface area contributed by atoms with Gasteiger partial charge in [-0.2, -0.15) is 0 Å². The number of nitrogens with zero attached hydrogens (tertiary/aromatic N) is 5. The van der Waals surface area contributed by atoms with Crippen LogP contribution in [0, 0.1) is 13.8 Å². The zero-order valence-corrected chi connectivity index (χ0v) is 17.9. The van der Waals surface area contributed by atoms with E-state index in [2.05, 4.69) is 20.3 Å². The van der Waals surface area contributed by atoms with Crippen LogP contribution in [0.5, 0.6) is 0 Å². The Labute approximate surface area is 179 Å². The molecule has 154 valence electrons. The lowest BCUT2D eigenvalue weighted by molar-refractivity contribution is -0.129. The van der Waals surface area contributed by atoms with Crippen LogP contribution in [0.2, 0.25) is 0 Å². The van der Waals surface area contributed by atoms with E-state index in [1.54, 1.807) is 35.9 Å². The fourth-order valence-corrected chi connectivity index (χ4v) is 4.22. The van der Waals surface area contributed by atoms with E-state index in [0.29, 0.717) is 18.2 Å². The fourth-order valence-electron chi connectivity index (χ4n) is 3.53. The van der Waals surface area contributed by atoms with Crippen molar-refractivity contribution in [2.75, 3.05) is 11.9 Å². The lowest BCUT2D eigenvalue weighted by Gasteiger charge is -2.34. The first-order valence-electron chi connectivity index (χ1n) is 10.0. The minimum atomic E-state index is -0.136. The Morgan fingerprint density at radius 1 is 1.23 bits per heavy atom. The zero-order chi connectivity index (χ0) is 20.9. The third-order valence-corrected chi connectivity index (χ3v) is 5.79. The summed E-state index contributed by atoms with van der Waals surface area (Å²) in [7, 11) is 0. The van der Waals surface area contributed by atoms with Gasteiger partial charge in [-0.3, -0.25) is 9.78 Å². The van der Waals surface area contributed by atoms with Gasteiger partial charge in [0.1, 0.15) is 5.82 Å². The minimum Gasteiger partial charge on any atom is -0.329 e. The number of aromatic nitrogens is 4. The normalized spacial score (nSPS) is 16.7. The highest BCUT2D eigenvalue weighted by atomic mass is 32.1. The first kappa shape index (κ1) is 20.2. The number of hydrogen-bond acceptors (Lipinski definition) is 7. The van der Waals surface area contributed by atoms with Gasteiger partial charge < -0.3 is 10.2 Å². The van der Waals surface area contributed by atoms with Gasteiger partial charge in [0.25, 0.3) is 0 Å². The molecule has 4 heterocycles. The SMILES string of the molecule is Cc1cc(Nc2nc(C)cs2)nc(C2CCCCN2C(=O)/C=C/c2cccnc2)n1. The number of piperidine rings is 1. The maximum absolute atomic E-state index is 13.0. The van der Waals surface area contributed by atoms with Gasteiger partial charge in [0, 0.05) is 42.2 Å². The summed E-state index contributed by atoms with van der Waals surface area (Å²) in [6.07, 6.45) is 9.75. The molecule has 4 rings (SSSR count). The van der Waals surface area contributed by atoms with Crippen LogP contribution in [0.25, 0.3) is 6.08 Å². The minimum absolute atomic E-state index is 0.0290. The lowest BCUT2D eigenvalue weighted by atomic mass is 10.0. The predicted octanol–water partition coefficient (Wildman–Crippen LogP) is 4.46. The molecular weight excluding hydrogens is 396 g/mol. The average molecular weight is 421 g/mol. The monoisotopic (exact) mass is 420 g/mol. The third-order valence-electron chi connectivity index (χ3n) is 4.91. The van der Waals surface area contributed by atoms with Crippen LogP contribution < -0.4 is 5.32 Å². The van der Waals surface area contributed by atoms with Crippen LogP contribution in [0.15, 0.2) is 42.0 Å². The van der Waals surface area contributed by atoms with Gasteiger partial charge in [-0.05, 0) is 50.8 Å². The molecule has 1 amide bonds. The Bertz CT molecular complexity index is 1050. The van der Waals surface area contributed by atoms with E-state index in [9.17, 15) is 4.79 Å². The van der Waals surface area contributed by atoms with E-state index in [4.69, 9.17) is 4.98 Å². The highest BCUT2D eigenvalue weighted by Gasteiger charge is 2.29. The van der Waals surface area contributed by atoms with Crippen LogP contribution in [0.3, 0.4) is 0 Å². The maximum Gasteiger partial charge on any atom is 0.247 e. The number of carbonyl (C=O) groups excluding carboxylic acids is 1. The number of likely N-dealkylation sites (tertiary alicyclic amines) is 1. The fraction of sp³-hybridized carbons (Fsp3) is 0.318. The standard InChI is InChI=1S/C22H24N6OS/c1-15-12-19(27-22-25-16(2)14-30-22)26-21(24-15)18-7-3-4-11-28(18)20(29)9-8-17-6-5-10-23-13-17/h5-6,8-10,12-14,18H,3-4,7,11H2,1-2H3,(H,24,25,26,27)/b9-8+. The van der Waals surface area contributed by atoms with Gasteiger partial charge in [0.05, 0.1) is 11.7 Å². The molecule has 0 radical (unpaired) electrons. The molecule has 1 N–H and O–H groups in total. The predicted molar refractivity (Wildman–Crippen MR) is 118 cm³/mol. The second-order valence-corrected chi connectivity index (χ2v) is 8.19. The van der Waals surface area contributed by atoms with Gasteiger partial charge in [-0.25, -0.2) is 15.0 Å². The third kappa shape index (κ3) is 4.88. The Hall–Kier alpha value is -3.13. The molecule has 0 aromatic carbocycles. The molecular formula is C22H24N6OS. The average Bonchev–Trinajstić information content (AvgIpc) is 3.16. The molecule has 8 heteroatoms. The van der Waals surface area contributed by atoms with Crippen molar-refractivity contribution in [1.29, 1.82) is 0 Å². The number of anilines is 2. The van der Waals surface area contributed by atoms with Crippen LogP contribution in [-0.4, -0.2) is 37.3 Å². The number of rotatable bonds is 5. The number of nitrogens with one attached hydrogen (secondary N) is 1. The van der Waals surface area contributed by atoms with E-state index in [-0.39, 0.29) is 11.9 Å². The molecule has 1 aliphatic heterocycles. The Balaban J connectivity index is 1.56. The van der Waals surface area contributed by atoms with Crippen molar-refractivity contribution in [3.8, 4) is 0 Å². The molecule has 1 saturated heterocycles. The summed E-state index contributed by atoms with van der Waals surface area (Å²) in [6.45, 7) is 4.61. The number of aryl methyl sites for hydroxylation is 2. The molecule has 1 unspecified atom stereocenters. The molecule has 3 aromatic heterocycles. The number of hydrogen-bond donors (Lipinski definition) is 1. The van der Waals surface area contributed by atoms with Crippen molar-refractivity contribution in [3.63, 3.8) is 0 Å². The lowest BCUT2D eigenvalue weighted by Crippen LogP contribution is -2.38. The molecule has 0 bridgehead atoms. The molecule has 0 aliphatic carbocycles. The summed E-state index contributed by atoms with van der Waals surface area (Å²) in [4.78, 5) is 32.8. The number of pyridine rings is 1. The largest absolute Gasteiger partial charge is 0.329 e. The van der Waals surface area contributed by atoms with Gasteiger partial charge in [-0.15, -0.1) is 11.3 Å². The van der Waals surface area contributed by atoms with Crippen molar-refractivity contribution in [3.05, 3.63) is 64.8 Å². The smallest absolute Gasteiger partial charge is 0.247 e. The van der Waals surface area contributed by atoms with Gasteiger partial charge >= 0.3 is 0 Å². The zero-order valence-electron chi connectivity index (χ0n) is 17.1. The van der Waals surface area contributed by atoms with Crippen LogP contribution in [0.1, 0.15) is 48.1 Å². The second kappa shape index (κ2) is 9.13.